The van der Waals surface area contributed by atoms with Crippen molar-refractivity contribution < 1.29 is 17.6 Å². The Balaban J connectivity index is 2.53. The standard InChI is InChI=1S/C15H12ClF4N/c1-2-21-15(8-3-5-10(16)12(18)7-8)9-4-6-11(17)14(20)13(9)19/h3-7,15,21H,2H2,1H3. The van der Waals surface area contributed by atoms with E-state index in [-0.39, 0.29) is 10.6 Å². The maximum atomic E-state index is 13.9. The minimum Gasteiger partial charge on any atom is -0.306 e. The van der Waals surface area contributed by atoms with Gasteiger partial charge in [-0.2, -0.15) is 0 Å². The molecule has 1 N–H and O–H groups in total. The first-order chi connectivity index (χ1) is 9.95. The lowest BCUT2D eigenvalue weighted by Crippen LogP contribution is -2.23. The minimum absolute atomic E-state index is 0.0697. The number of benzene rings is 2. The van der Waals surface area contributed by atoms with Crippen molar-refractivity contribution in [1.29, 1.82) is 0 Å². The van der Waals surface area contributed by atoms with E-state index < -0.39 is 29.3 Å². The van der Waals surface area contributed by atoms with Crippen molar-refractivity contribution in [3.05, 3.63) is 69.8 Å². The molecule has 1 nitrogen and oxygen atoms in total. The van der Waals surface area contributed by atoms with Gasteiger partial charge in [-0.3, -0.25) is 0 Å². The zero-order valence-corrected chi connectivity index (χ0v) is 11.8. The molecule has 0 amide bonds. The van der Waals surface area contributed by atoms with Crippen LogP contribution in [0.1, 0.15) is 24.1 Å². The molecule has 6 heteroatoms. The van der Waals surface area contributed by atoms with Crippen LogP contribution in [-0.2, 0) is 0 Å². The van der Waals surface area contributed by atoms with Crippen molar-refractivity contribution in [2.45, 2.75) is 13.0 Å². The van der Waals surface area contributed by atoms with Gasteiger partial charge in [0.1, 0.15) is 5.82 Å². The topological polar surface area (TPSA) is 12.0 Å². The highest BCUT2D eigenvalue weighted by Gasteiger charge is 2.22. The predicted molar refractivity (Wildman–Crippen MR) is 73.2 cm³/mol. The summed E-state index contributed by atoms with van der Waals surface area (Å²) in [5.74, 6) is -4.78. The molecule has 0 aliphatic rings. The summed E-state index contributed by atoms with van der Waals surface area (Å²) in [7, 11) is 0. The molecule has 0 aliphatic carbocycles. The summed E-state index contributed by atoms with van der Waals surface area (Å²) < 4.78 is 53.9. The summed E-state index contributed by atoms with van der Waals surface area (Å²) in [6.07, 6.45) is 0. The zero-order chi connectivity index (χ0) is 15.6. The molecule has 2 rings (SSSR count). The van der Waals surface area contributed by atoms with Gasteiger partial charge < -0.3 is 5.32 Å². The SMILES string of the molecule is CCNC(c1ccc(Cl)c(F)c1)c1ccc(F)c(F)c1F. The molecule has 0 heterocycles. The van der Waals surface area contributed by atoms with E-state index in [0.29, 0.717) is 12.1 Å². The molecule has 0 aromatic heterocycles. The van der Waals surface area contributed by atoms with Crippen molar-refractivity contribution in [2.75, 3.05) is 6.54 Å². The van der Waals surface area contributed by atoms with Gasteiger partial charge in [0.2, 0.25) is 0 Å². The largest absolute Gasteiger partial charge is 0.306 e. The molecule has 2 aromatic carbocycles. The Bertz CT molecular complexity index is 660. The first kappa shape index (κ1) is 15.8. The van der Waals surface area contributed by atoms with Crippen LogP contribution in [0.25, 0.3) is 0 Å². The molecule has 0 fully saturated rings. The van der Waals surface area contributed by atoms with E-state index in [2.05, 4.69) is 5.32 Å². The van der Waals surface area contributed by atoms with E-state index in [1.165, 1.54) is 12.1 Å². The third-order valence-electron chi connectivity index (χ3n) is 3.06. The third-order valence-corrected chi connectivity index (χ3v) is 3.37. The van der Waals surface area contributed by atoms with E-state index in [1.54, 1.807) is 6.92 Å². The highest BCUT2D eigenvalue weighted by Crippen LogP contribution is 2.28. The Morgan fingerprint density at radius 1 is 1.00 bits per heavy atom. The fourth-order valence-corrected chi connectivity index (χ4v) is 2.18. The molecule has 0 aliphatic heterocycles. The first-order valence-electron chi connectivity index (χ1n) is 6.27. The Hall–Kier alpha value is -1.59. The number of rotatable bonds is 4. The van der Waals surface area contributed by atoms with Crippen molar-refractivity contribution in [2.24, 2.45) is 0 Å². The molecule has 0 saturated heterocycles. The van der Waals surface area contributed by atoms with Crippen molar-refractivity contribution in [3.63, 3.8) is 0 Å². The molecule has 21 heavy (non-hydrogen) atoms. The van der Waals surface area contributed by atoms with E-state index >= 15 is 0 Å². The number of hydrogen-bond acceptors (Lipinski definition) is 1. The van der Waals surface area contributed by atoms with E-state index in [4.69, 9.17) is 11.6 Å². The predicted octanol–water partition coefficient (Wildman–Crippen LogP) is 4.60. The van der Waals surface area contributed by atoms with Crippen LogP contribution in [0.2, 0.25) is 5.02 Å². The van der Waals surface area contributed by atoms with Gasteiger partial charge in [0, 0.05) is 5.56 Å². The lowest BCUT2D eigenvalue weighted by atomic mass is 9.97. The van der Waals surface area contributed by atoms with Crippen LogP contribution in [0.5, 0.6) is 0 Å². The summed E-state index contributed by atoms with van der Waals surface area (Å²) in [6, 6.07) is 5.12. The van der Waals surface area contributed by atoms with Crippen molar-refractivity contribution >= 4 is 11.6 Å². The van der Waals surface area contributed by atoms with Crippen LogP contribution in [0.4, 0.5) is 17.6 Å². The second-order valence-corrected chi connectivity index (χ2v) is 4.84. The molecule has 0 bridgehead atoms. The quantitative estimate of drug-likeness (QED) is 0.642. The minimum atomic E-state index is -1.55. The average Bonchev–Trinajstić information content (AvgIpc) is 2.46. The molecular formula is C15H12ClF4N. The number of nitrogens with one attached hydrogen (secondary N) is 1. The van der Waals surface area contributed by atoms with Gasteiger partial charge in [-0.25, -0.2) is 17.6 Å². The van der Waals surface area contributed by atoms with E-state index in [9.17, 15) is 17.6 Å². The number of hydrogen-bond donors (Lipinski definition) is 1. The first-order valence-corrected chi connectivity index (χ1v) is 6.65. The molecule has 0 saturated carbocycles. The fourth-order valence-electron chi connectivity index (χ4n) is 2.07. The van der Waals surface area contributed by atoms with Crippen LogP contribution >= 0.6 is 11.6 Å². The lowest BCUT2D eigenvalue weighted by Gasteiger charge is -2.20. The highest BCUT2D eigenvalue weighted by atomic mass is 35.5. The van der Waals surface area contributed by atoms with Crippen LogP contribution in [0.15, 0.2) is 30.3 Å². The van der Waals surface area contributed by atoms with Crippen molar-refractivity contribution in [1.82, 2.24) is 5.32 Å². The summed E-state index contributed by atoms with van der Waals surface area (Å²) in [6.45, 7) is 2.18. The van der Waals surface area contributed by atoms with Gasteiger partial charge in [0.25, 0.3) is 0 Å². The van der Waals surface area contributed by atoms with E-state index in [1.807, 2.05) is 0 Å². The van der Waals surface area contributed by atoms with E-state index in [0.717, 1.165) is 18.2 Å². The normalized spacial score (nSPS) is 12.5. The van der Waals surface area contributed by atoms with Crippen molar-refractivity contribution in [3.8, 4) is 0 Å². The number of halogens is 5. The molecule has 2 aromatic rings. The Morgan fingerprint density at radius 3 is 2.33 bits per heavy atom. The molecular weight excluding hydrogens is 306 g/mol. The maximum absolute atomic E-state index is 13.9. The smallest absolute Gasteiger partial charge is 0.194 e. The van der Waals surface area contributed by atoms with Gasteiger partial charge >= 0.3 is 0 Å². The fraction of sp³-hybridized carbons (Fsp3) is 0.200. The molecule has 112 valence electrons. The summed E-state index contributed by atoms with van der Waals surface area (Å²) in [5.41, 5.74) is 0.265. The third kappa shape index (κ3) is 3.19. The second kappa shape index (κ2) is 6.45. The summed E-state index contributed by atoms with van der Waals surface area (Å²) >= 11 is 5.61. The molecule has 1 unspecified atom stereocenters. The monoisotopic (exact) mass is 317 g/mol. The van der Waals surface area contributed by atoms with Gasteiger partial charge in [0.05, 0.1) is 11.1 Å². The zero-order valence-electron chi connectivity index (χ0n) is 11.1. The molecule has 0 radical (unpaired) electrons. The summed E-state index contributed by atoms with van der Waals surface area (Å²) in [4.78, 5) is 0. The van der Waals surface area contributed by atoms with Crippen LogP contribution in [-0.4, -0.2) is 6.54 Å². The Labute approximate surface area is 124 Å². The van der Waals surface area contributed by atoms with Gasteiger partial charge in [-0.1, -0.05) is 30.7 Å². The Kier molecular flexibility index (Phi) is 4.85. The van der Waals surface area contributed by atoms with Gasteiger partial charge in [0.15, 0.2) is 17.5 Å². The average molecular weight is 318 g/mol. The summed E-state index contributed by atoms with van der Waals surface area (Å²) in [5, 5.41) is 2.84. The van der Waals surface area contributed by atoms with Crippen LogP contribution in [0.3, 0.4) is 0 Å². The Morgan fingerprint density at radius 2 is 1.71 bits per heavy atom. The second-order valence-electron chi connectivity index (χ2n) is 4.43. The van der Waals surface area contributed by atoms with Crippen LogP contribution < -0.4 is 5.32 Å². The highest BCUT2D eigenvalue weighted by molar-refractivity contribution is 6.30. The lowest BCUT2D eigenvalue weighted by molar-refractivity contribution is 0.433. The maximum Gasteiger partial charge on any atom is 0.194 e. The van der Waals surface area contributed by atoms with Gasteiger partial charge in [-0.05, 0) is 30.3 Å². The van der Waals surface area contributed by atoms with Gasteiger partial charge in [-0.15, -0.1) is 0 Å². The molecule has 1 atom stereocenters. The van der Waals surface area contributed by atoms with Crippen LogP contribution in [0, 0.1) is 23.3 Å². The molecule has 0 spiro atoms.